The van der Waals surface area contributed by atoms with Crippen LogP contribution in [0.3, 0.4) is 0 Å². The summed E-state index contributed by atoms with van der Waals surface area (Å²) in [5, 5.41) is 0.149. The lowest BCUT2D eigenvalue weighted by atomic mass is 9.97. The fourth-order valence-electron chi connectivity index (χ4n) is 3.83. The summed E-state index contributed by atoms with van der Waals surface area (Å²) in [6.45, 7) is 1.55. The van der Waals surface area contributed by atoms with Gasteiger partial charge in [-0.15, -0.1) is 11.8 Å². The van der Waals surface area contributed by atoms with Crippen molar-refractivity contribution in [3.05, 3.63) is 89.2 Å². The average molecular weight is 460 g/mol. The standard InChI is InChI=1S/C24H24F3N3OS/c1-17(20-13-28-23(29-14-20)31-16-24(25,26)27)30-12-11-19-9-5-6-10-21(19)22(30)32-15-18-7-3-2-4-8-18/h2-10,13-14,17,22H,11-12,15-16H2,1H3. The van der Waals surface area contributed by atoms with Crippen molar-refractivity contribution in [3.63, 3.8) is 0 Å². The van der Waals surface area contributed by atoms with Gasteiger partial charge in [-0.05, 0) is 30.0 Å². The molecule has 2 aromatic carbocycles. The molecule has 8 heteroatoms. The van der Waals surface area contributed by atoms with Crippen LogP contribution in [0.25, 0.3) is 0 Å². The molecule has 0 amide bonds. The van der Waals surface area contributed by atoms with E-state index < -0.39 is 12.8 Å². The predicted octanol–water partition coefficient (Wildman–Crippen LogP) is 5.97. The molecule has 1 aliphatic rings. The maximum atomic E-state index is 12.4. The summed E-state index contributed by atoms with van der Waals surface area (Å²) < 4.78 is 41.7. The lowest BCUT2D eigenvalue weighted by molar-refractivity contribution is -0.154. The van der Waals surface area contributed by atoms with E-state index in [1.165, 1.54) is 16.7 Å². The smallest absolute Gasteiger partial charge is 0.422 e. The number of ether oxygens (including phenoxy) is 1. The van der Waals surface area contributed by atoms with E-state index in [0.29, 0.717) is 0 Å². The van der Waals surface area contributed by atoms with Crippen LogP contribution in [0.4, 0.5) is 13.2 Å². The van der Waals surface area contributed by atoms with Crippen LogP contribution in [-0.2, 0) is 12.2 Å². The first-order valence-corrected chi connectivity index (χ1v) is 11.5. The number of benzene rings is 2. The van der Waals surface area contributed by atoms with E-state index in [4.69, 9.17) is 0 Å². The van der Waals surface area contributed by atoms with Gasteiger partial charge in [-0.1, -0.05) is 54.6 Å². The molecule has 0 fully saturated rings. The lowest BCUT2D eigenvalue weighted by Crippen LogP contribution is -2.36. The molecule has 32 heavy (non-hydrogen) atoms. The topological polar surface area (TPSA) is 38.3 Å². The monoisotopic (exact) mass is 459 g/mol. The van der Waals surface area contributed by atoms with Gasteiger partial charge in [0.1, 0.15) is 0 Å². The Bertz CT molecular complexity index is 1020. The van der Waals surface area contributed by atoms with Crippen LogP contribution in [-0.4, -0.2) is 34.2 Å². The van der Waals surface area contributed by atoms with Crippen molar-refractivity contribution in [3.8, 4) is 6.01 Å². The van der Waals surface area contributed by atoms with Crippen molar-refractivity contribution in [1.29, 1.82) is 0 Å². The van der Waals surface area contributed by atoms with Crippen LogP contribution in [0.1, 0.15) is 40.6 Å². The molecule has 0 aliphatic carbocycles. The third-order valence-electron chi connectivity index (χ3n) is 5.51. The van der Waals surface area contributed by atoms with Gasteiger partial charge in [0.2, 0.25) is 0 Å². The molecule has 0 spiro atoms. The molecule has 0 saturated heterocycles. The molecule has 0 saturated carbocycles. The van der Waals surface area contributed by atoms with Crippen LogP contribution < -0.4 is 4.74 Å². The van der Waals surface area contributed by atoms with Crippen molar-refractivity contribution in [2.45, 2.75) is 36.7 Å². The van der Waals surface area contributed by atoms with E-state index in [2.05, 4.69) is 62.9 Å². The summed E-state index contributed by atoms with van der Waals surface area (Å²) >= 11 is 1.87. The number of rotatable bonds is 7. The number of aromatic nitrogens is 2. The Kier molecular flexibility index (Phi) is 7.01. The molecule has 4 rings (SSSR count). The number of hydrogen-bond donors (Lipinski definition) is 0. The van der Waals surface area contributed by atoms with Crippen molar-refractivity contribution in [1.82, 2.24) is 14.9 Å². The molecule has 0 radical (unpaired) electrons. The SMILES string of the molecule is CC(c1cnc(OCC(F)(F)F)nc1)N1CCc2ccccc2C1SCc1ccccc1. The average Bonchev–Trinajstić information content (AvgIpc) is 2.81. The number of alkyl halides is 3. The highest BCUT2D eigenvalue weighted by atomic mass is 32.2. The second kappa shape index (κ2) is 9.92. The van der Waals surface area contributed by atoms with Gasteiger partial charge < -0.3 is 4.74 Å². The zero-order valence-electron chi connectivity index (χ0n) is 17.6. The van der Waals surface area contributed by atoms with Crippen LogP contribution >= 0.6 is 11.8 Å². The molecule has 0 N–H and O–H groups in total. The van der Waals surface area contributed by atoms with Gasteiger partial charge in [-0.2, -0.15) is 13.2 Å². The predicted molar refractivity (Wildman–Crippen MR) is 119 cm³/mol. The fraction of sp³-hybridized carbons (Fsp3) is 0.333. The van der Waals surface area contributed by atoms with Crippen LogP contribution in [0.15, 0.2) is 67.0 Å². The summed E-state index contributed by atoms with van der Waals surface area (Å²) in [4.78, 5) is 10.4. The van der Waals surface area contributed by atoms with Crippen molar-refractivity contribution in [2.24, 2.45) is 0 Å². The Balaban J connectivity index is 1.52. The van der Waals surface area contributed by atoms with E-state index in [0.717, 1.165) is 24.3 Å². The number of nitrogens with zero attached hydrogens (tertiary/aromatic N) is 3. The first-order chi connectivity index (χ1) is 15.4. The Morgan fingerprint density at radius 1 is 1.06 bits per heavy atom. The van der Waals surface area contributed by atoms with E-state index in [1.54, 1.807) is 12.4 Å². The first kappa shape index (κ1) is 22.6. The summed E-state index contributed by atoms with van der Waals surface area (Å²) in [6.07, 6.45) is -0.359. The minimum Gasteiger partial charge on any atom is -0.454 e. The molecule has 2 unspecified atom stereocenters. The molecular formula is C24H24F3N3OS. The van der Waals surface area contributed by atoms with E-state index >= 15 is 0 Å². The van der Waals surface area contributed by atoms with E-state index in [9.17, 15) is 13.2 Å². The van der Waals surface area contributed by atoms with Crippen LogP contribution in [0, 0.1) is 0 Å². The van der Waals surface area contributed by atoms with Crippen molar-refractivity contribution in [2.75, 3.05) is 13.2 Å². The molecule has 0 bridgehead atoms. The molecule has 2 heterocycles. The molecule has 168 valence electrons. The quantitative estimate of drug-likeness (QED) is 0.435. The highest BCUT2D eigenvalue weighted by Gasteiger charge is 2.32. The summed E-state index contributed by atoms with van der Waals surface area (Å²) in [6, 6.07) is 18.6. The zero-order valence-corrected chi connectivity index (χ0v) is 18.4. The molecule has 2 atom stereocenters. The molecule has 3 aromatic rings. The van der Waals surface area contributed by atoms with Gasteiger partial charge in [-0.25, -0.2) is 9.97 Å². The van der Waals surface area contributed by atoms with Gasteiger partial charge >= 0.3 is 12.2 Å². The molecular weight excluding hydrogens is 435 g/mol. The highest BCUT2D eigenvalue weighted by Crippen LogP contribution is 2.43. The second-order valence-electron chi connectivity index (χ2n) is 7.71. The second-order valence-corrected chi connectivity index (χ2v) is 8.78. The van der Waals surface area contributed by atoms with Gasteiger partial charge in [0, 0.05) is 36.3 Å². The van der Waals surface area contributed by atoms with Crippen molar-refractivity contribution < 1.29 is 17.9 Å². The van der Waals surface area contributed by atoms with Gasteiger partial charge in [-0.3, -0.25) is 4.90 Å². The zero-order chi connectivity index (χ0) is 22.6. The first-order valence-electron chi connectivity index (χ1n) is 10.4. The Morgan fingerprint density at radius 3 is 2.47 bits per heavy atom. The maximum absolute atomic E-state index is 12.4. The third-order valence-corrected chi connectivity index (χ3v) is 6.85. The molecule has 1 aromatic heterocycles. The largest absolute Gasteiger partial charge is 0.454 e. The minimum absolute atomic E-state index is 0.00621. The number of halogens is 3. The molecule has 4 nitrogen and oxygen atoms in total. The summed E-state index contributed by atoms with van der Waals surface area (Å²) in [5.41, 5.74) is 4.77. The molecule has 1 aliphatic heterocycles. The number of fused-ring (bicyclic) bond motifs is 1. The van der Waals surface area contributed by atoms with Gasteiger partial charge in [0.15, 0.2) is 6.61 Å². The number of hydrogen-bond acceptors (Lipinski definition) is 5. The van der Waals surface area contributed by atoms with Crippen LogP contribution in [0.5, 0.6) is 6.01 Å². The third kappa shape index (κ3) is 5.61. The summed E-state index contributed by atoms with van der Waals surface area (Å²) in [7, 11) is 0. The Hall–Kier alpha value is -2.58. The highest BCUT2D eigenvalue weighted by molar-refractivity contribution is 7.98. The fourth-order valence-corrected chi connectivity index (χ4v) is 5.27. The maximum Gasteiger partial charge on any atom is 0.422 e. The summed E-state index contributed by atoms with van der Waals surface area (Å²) in [5.74, 6) is 0.879. The Morgan fingerprint density at radius 2 is 1.75 bits per heavy atom. The lowest BCUT2D eigenvalue weighted by Gasteiger charge is -2.40. The van der Waals surface area contributed by atoms with Crippen molar-refractivity contribution >= 4 is 11.8 Å². The van der Waals surface area contributed by atoms with Crippen LogP contribution in [0.2, 0.25) is 0 Å². The van der Waals surface area contributed by atoms with Gasteiger partial charge in [0.25, 0.3) is 0 Å². The Labute approximate surface area is 189 Å². The normalized spacial score (nSPS) is 17.6. The van der Waals surface area contributed by atoms with E-state index in [1.807, 2.05) is 30.0 Å². The van der Waals surface area contributed by atoms with Gasteiger partial charge in [0.05, 0.1) is 5.37 Å². The van der Waals surface area contributed by atoms with E-state index in [-0.39, 0.29) is 17.4 Å². The minimum atomic E-state index is -4.42. The number of thioether (sulfide) groups is 1.